The third kappa shape index (κ3) is 2.66. The summed E-state index contributed by atoms with van der Waals surface area (Å²) in [5, 5.41) is 5.57. The molecule has 1 N–H and O–H groups in total. The predicted molar refractivity (Wildman–Crippen MR) is 86.0 cm³/mol. The van der Waals surface area contributed by atoms with Gasteiger partial charge in [-0.25, -0.2) is 0 Å². The van der Waals surface area contributed by atoms with E-state index in [4.69, 9.17) is 0 Å². The van der Waals surface area contributed by atoms with Gasteiger partial charge in [0.1, 0.15) is 0 Å². The first kappa shape index (κ1) is 13.4. The third-order valence-electron chi connectivity index (χ3n) is 3.76. The van der Waals surface area contributed by atoms with Crippen LogP contribution in [0, 0.1) is 0 Å². The van der Waals surface area contributed by atoms with Crippen molar-refractivity contribution in [1.82, 2.24) is 4.90 Å². The highest BCUT2D eigenvalue weighted by Crippen LogP contribution is 2.29. The van der Waals surface area contributed by atoms with Gasteiger partial charge in [0, 0.05) is 28.6 Å². The smallest absolute Gasteiger partial charge is 0.241 e. The molecule has 1 amide bonds. The molecule has 1 heterocycles. The first-order valence-corrected chi connectivity index (χ1v) is 7.74. The van der Waals surface area contributed by atoms with E-state index in [0.717, 1.165) is 46.9 Å². The zero-order valence-electron chi connectivity index (χ0n) is 11.2. The second-order valence-electron chi connectivity index (χ2n) is 5.08. The Hall–Kier alpha value is -1.55. The van der Waals surface area contributed by atoms with Gasteiger partial charge in [-0.05, 0) is 30.4 Å². The third-order valence-corrected chi connectivity index (χ3v) is 4.45. The summed E-state index contributed by atoms with van der Waals surface area (Å²) >= 11 is 3.56. The monoisotopic (exact) mass is 332 g/mol. The summed E-state index contributed by atoms with van der Waals surface area (Å²) < 4.78 is 1.07. The van der Waals surface area contributed by atoms with E-state index in [9.17, 15) is 4.79 Å². The molecule has 0 radical (unpaired) electrons. The number of halogens is 1. The number of nitrogens with zero attached hydrogens (tertiary/aromatic N) is 1. The van der Waals surface area contributed by atoms with Crippen molar-refractivity contribution in [2.75, 3.05) is 25.0 Å². The molecular formula is C16H17BrN2O. The van der Waals surface area contributed by atoms with Crippen LogP contribution >= 0.6 is 15.9 Å². The van der Waals surface area contributed by atoms with E-state index in [1.807, 2.05) is 29.2 Å². The number of rotatable bonds is 3. The highest BCUT2D eigenvalue weighted by atomic mass is 79.9. The number of hydrogen-bond acceptors (Lipinski definition) is 2. The van der Waals surface area contributed by atoms with Crippen molar-refractivity contribution in [2.24, 2.45) is 0 Å². The standard InChI is InChI=1S/C16H17BrN2O/c17-14-7-8-15(13-6-2-1-5-12(13)14)18-11-16(20)19-9-3-4-10-19/h1-2,5-8,18H,3-4,9-11H2. The molecule has 0 spiro atoms. The summed E-state index contributed by atoms with van der Waals surface area (Å²) in [4.78, 5) is 14.0. The number of benzene rings is 2. The van der Waals surface area contributed by atoms with E-state index < -0.39 is 0 Å². The van der Waals surface area contributed by atoms with Gasteiger partial charge in [-0.2, -0.15) is 0 Å². The molecular weight excluding hydrogens is 316 g/mol. The number of fused-ring (bicyclic) bond motifs is 1. The van der Waals surface area contributed by atoms with Crippen LogP contribution in [-0.2, 0) is 4.79 Å². The summed E-state index contributed by atoms with van der Waals surface area (Å²) in [6, 6.07) is 12.2. The number of likely N-dealkylation sites (tertiary alicyclic amines) is 1. The number of anilines is 1. The van der Waals surface area contributed by atoms with Gasteiger partial charge in [-0.3, -0.25) is 4.79 Å². The first-order valence-electron chi connectivity index (χ1n) is 6.94. The fourth-order valence-electron chi connectivity index (χ4n) is 2.67. The van der Waals surface area contributed by atoms with Gasteiger partial charge in [-0.1, -0.05) is 40.2 Å². The quantitative estimate of drug-likeness (QED) is 0.930. The Morgan fingerprint density at radius 2 is 1.80 bits per heavy atom. The van der Waals surface area contributed by atoms with Gasteiger partial charge in [0.25, 0.3) is 0 Å². The van der Waals surface area contributed by atoms with Crippen LogP contribution in [0.25, 0.3) is 10.8 Å². The molecule has 0 unspecified atom stereocenters. The summed E-state index contributed by atoms with van der Waals surface area (Å²) in [6.45, 7) is 2.18. The van der Waals surface area contributed by atoms with Gasteiger partial charge in [0.2, 0.25) is 5.91 Å². The molecule has 0 aromatic heterocycles. The van der Waals surface area contributed by atoms with E-state index in [0.29, 0.717) is 6.54 Å². The Bertz CT molecular complexity index is 635. The molecule has 2 aromatic carbocycles. The molecule has 1 saturated heterocycles. The number of nitrogens with one attached hydrogen (secondary N) is 1. The normalized spacial score (nSPS) is 14.8. The zero-order valence-corrected chi connectivity index (χ0v) is 12.8. The largest absolute Gasteiger partial charge is 0.376 e. The summed E-state index contributed by atoms with van der Waals surface area (Å²) in [5.41, 5.74) is 1.01. The lowest BCUT2D eigenvalue weighted by molar-refractivity contribution is -0.128. The summed E-state index contributed by atoms with van der Waals surface area (Å²) in [5.74, 6) is 0.189. The fraction of sp³-hybridized carbons (Fsp3) is 0.312. The second kappa shape index (κ2) is 5.83. The van der Waals surface area contributed by atoms with Crippen LogP contribution in [-0.4, -0.2) is 30.4 Å². The summed E-state index contributed by atoms with van der Waals surface area (Å²) in [7, 11) is 0. The Labute approximate surface area is 127 Å². The maximum absolute atomic E-state index is 12.1. The minimum Gasteiger partial charge on any atom is -0.376 e. The highest BCUT2D eigenvalue weighted by molar-refractivity contribution is 9.10. The van der Waals surface area contributed by atoms with E-state index in [-0.39, 0.29) is 5.91 Å². The Morgan fingerprint density at radius 3 is 2.55 bits per heavy atom. The lowest BCUT2D eigenvalue weighted by Crippen LogP contribution is -2.32. The van der Waals surface area contributed by atoms with Crippen molar-refractivity contribution in [3.63, 3.8) is 0 Å². The molecule has 20 heavy (non-hydrogen) atoms. The van der Waals surface area contributed by atoms with Crippen LogP contribution in [0.2, 0.25) is 0 Å². The number of carbonyl (C=O) groups is 1. The molecule has 1 aliphatic heterocycles. The van der Waals surface area contributed by atoms with Crippen LogP contribution in [0.3, 0.4) is 0 Å². The topological polar surface area (TPSA) is 32.3 Å². The van der Waals surface area contributed by atoms with Crippen LogP contribution in [0.15, 0.2) is 40.9 Å². The highest BCUT2D eigenvalue weighted by Gasteiger charge is 2.17. The average molecular weight is 333 g/mol. The average Bonchev–Trinajstić information content (AvgIpc) is 3.01. The van der Waals surface area contributed by atoms with Crippen molar-refractivity contribution in [2.45, 2.75) is 12.8 Å². The molecule has 0 atom stereocenters. The molecule has 0 saturated carbocycles. The SMILES string of the molecule is O=C(CNc1ccc(Br)c2ccccc12)N1CCCC1. The molecule has 1 fully saturated rings. The maximum atomic E-state index is 12.1. The molecule has 2 aromatic rings. The second-order valence-corrected chi connectivity index (χ2v) is 5.94. The number of hydrogen-bond donors (Lipinski definition) is 1. The Kier molecular flexibility index (Phi) is 3.92. The van der Waals surface area contributed by atoms with Gasteiger partial charge >= 0.3 is 0 Å². The fourth-order valence-corrected chi connectivity index (χ4v) is 3.14. The minimum absolute atomic E-state index is 0.189. The van der Waals surface area contributed by atoms with Crippen molar-refractivity contribution >= 4 is 38.3 Å². The molecule has 104 valence electrons. The molecule has 0 bridgehead atoms. The van der Waals surface area contributed by atoms with Crippen LogP contribution < -0.4 is 5.32 Å². The molecule has 4 heteroatoms. The Morgan fingerprint density at radius 1 is 1.10 bits per heavy atom. The van der Waals surface area contributed by atoms with E-state index in [2.05, 4.69) is 33.4 Å². The number of carbonyl (C=O) groups excluding carboxylic acids is 1. The van der Waals surface area contributed by atoms with Crippen molar-refractivity contribution in [3.05, 3.63) is 40.9 Å². The predicted octanol–water partition coefficient (Wildman–Crippen LogP) is 3.64. The van der Waals surface area contributed by atoms with Crippen LogP contribution in [0.4, 0.5) is 5.69 Å². The van der Waals surface area contributed by atoms with E-state index in [1.165, 1.54) is 0 Å². The zero-order chi connectivity index (χ0) is 13.9. The molecule has 3 rings (SSSR count). The van der Waals surface area contributed by atoms with Crippen molar-refractivity contribution < 1.29 is 4.79 Å². The van der Waals surface area contributed by atoms with Crippen LogP contribution in [0.5, 0.6) is 0 Å². The Balaban J connectivity index is 1.77. The first-order chi connectivity index (χ1) is 9.75. The van der Waals surface area contributed by atoms with E-state index >= 15 is 0 Å². The summed E-state index contributed by atoms with van der Waals surface area (Å²) in [6.07, 6.45) is 2.26. The van der Waals surface area contributed by atoms with Gasteiger partial charge in [0.05, 0.1) is 6.54 Å². The van der Waals surface area contributed by atoms with E-state index in [1.54, 1.807) is 0 Å². The number of amides is 1. The molecule has 3 nitrogen and oxygen atoms in total. The van der Waals surface area contributed by atoms with Gasteiger partial charge in [-0.15, -0.1) is 0 Å². The lowest BCUT2D eigenvalue weighted by atomic mass is 10.1. The van der Waals surface area contributed by atoms with Crippen molar-refractivity contribution in [3.8, 4) is 0 Å². The van der Waals surface area contributed by atoms with Crippen LogP contribution in [0.1, 0.15) is 12.8 Å². The van der Waals surface area contributed by atoms with Gasteiger partial charge < -0.3 is 10.2 Å². The maximum Gasteiger partial charge on any atom is 0.241 e. The molecule has 1 aliphatic rings. The minimum atomic E-state index is 0.189. The van der Waals surface area contributed by atoms with Gasteiger partial charge in [0.15, 0.2) is 0 Å². The van der Waals surface area contributed by atoms with Crippen molar-refractivity contribution in [1.29, 1.82) is 0 Å². The lowest BCUT2D eigenvalue weighted by Gasteiger charge is -2.17. The molecule has 0 aliphatic carbocycles.